The van der Waals surface area contributed by atoms with Crippen molar-refractivity contribution in [2.24, 2.45) is 17.6 Å². The highest BCUT2D eigenvalue weighted by atomic mass is 16.5. The molecule has 0 radical (unpaired) electrons. The second-order valence-corrected chi connectivity index (χ2v) is 6.26. The van der Waals surface area contributed by atoms with Crippen LogP contribution in [-0.4, -0.2) is 38.8 Å². The highest BCUT2D eigenvalue weighted by Gasteiger charge is 2.29. The third-order valence-electron chi connectivity index (χ3n) is 4.36. The molecule has 3 unspecified atom stereocenters. The lowest BCUT2D eigenvalue weighted by atomic mass is 9.89. The van der Waals surface area contributed by atoms with Crippen molar-refractivity contribution in [1.82, 2.24) is 4.90 Å². The van der Waals surface area contributed by atoms with Gasteiger partial charge < -0.3 is 15.2 Å². The van der Waals surface area contributed by atoms with Crippen molar-refractivity contribution in [2.45, 2.75) is 26.3 Å². The van der Waals surface area contributed by atoms with E-state index in [1.807, 2.05) is 12.1 Å². The predicted octanol–water partition coefficient (Wildman–Crippen LogP) is 2.68. The fraction of sp³-hybridized carbons (Fsp3) is 0.647. The largest absolute Gasteiger partial charge is 0.497 e. The summed E-state index contributed by atoms with van der Waals surface area (Å²) in [6.07, 6.45) is 1.29. The topological polar surface area (TPSA) is 47.7 Å². The highest BCUT2D eigenvalue weighted by Crippen LogP contribution is 2.35. The Balaban J connectivity index is 2.31. The summed E-state index contributed by atoms with van der Waals surface area (Å²) in [6.45, 7) is 7.40. The molecular formula is C17H28N2O2. The molecule has 2 rings (SSSR count). The van der Waals surface area contributed by atoms with E-state index in [9.17, 15) is 0 Å². The van der Waals surface area contributed by atoms with Gasteiger partial charge in [-0.2, -0.15) is 0 Å². The molecule has 1 aromatic rings. The molecule has 1 saturated heterocycles. The molecule has 0 amide bonds. The van der Waals surface area contributed by atoms with Crippen LogP contribution in [0.25, 0.3) is 0 Å². The van der Waals surface area contributed by atoms with Crippen molar-refractivity contribution < 1.29 is 9.47 Å². The number of nitrogens with zero attached hydrogens (tertiary/aromatic N) is 1. The number of ether oxygens (including phenoxy) is 2. The molecule has 0 aliphatic carbocycles. The smallest absolute Gasteiger partial charge is 0.123 e. The maximum absolute atomic E-state index is 6.10. The molecule has 0 aromatic heterocycles. The first-order chi connectivity index (χ1) is 10.1. The van der Waals surface area contributed by atoms with Gasteiger partial charge in [0, 0.05) is 25.2 Å². The molecule has 0 saturated carbocycles. The summed E-state index contributed by atoms with van der Waals surface area (Å²) in [5, 5.41) is 0. The first kappa shape index (κ1) is 16.1. The van der Waals surface area contributed by atoms with E-state index in [-0.39, 0.29) is 6.04 Å². The second-order valence-electron chi connectivity index (χ2n) is 6.26. The molecular weight excluding hydrogens is 264 g/mol. The Hall–Kier alpha value is -1.26. The monoisotopic (exact) mass is 292 g/mol. The Labute approximate surface area is 128 Å². The van der Waals surface area contributed by atoms with Crippen molar-refractivity contribution in [1.29, 1.82) is 0 Å². The Kier molecular flexibility index (Phi) is 5.48. The third kappa shape index (κ3) is 3.69. The summed E-state index contributed by atoms with van der Waals surface area (Å²) in [7, 11) is 3.40. The standard InChI is InChI=1S/C17H28N2O2/c1-12-7-13(2)11-19(10-12)16(9-18)15-8-14(20-3)5-6-17(15)21-4/h5-6,8,12-13,16H,7,9-11,18H2,1-4H3. The van der Waals surface area contributed by atoms with Crippen LogP contribution < -0.4 is 15.2 Å². The van der Waals surface area contributed by atoms with E-state index in [0.717, 1.165) is 30.2 Å². The fourth-order valence-electron chi connectivity index (χ4n) is 3.54. The zero-order chi connectivity index (χ0) is 15.4. The van der Waals surface area contributed by atoms with Gasteiger partial charge in [-0.25, -0.2) is 0 Å². The number of hydrogen-bond donors (Lipinski definition) is 1. The third-order valence-corrected chi connectivity index (χ3v) is 4.36. The van der Waals surface area contributed by atoms with Crippen molar-refractivity contribution in [3.8, 4) is 11.5 Å². The first-order valence-electron chi connectivity index (χ1n) is 7.75. The number of hydrogen-bond acceptors (Lipinski definition) is 4. The van der Waals surface area contributed by atoms with E-state index in [1.54, 1.807) is 14.2 Å². The van der Waals surface area contributed by atoms with Crippen LogP contribution in [0.1, 0.15) is 31.9 Å². The zero-order valence-electron chi connectivity index (χ0n) is 13.6. The molecule has 118 valence electrons. The number of methoxy groups -OCH3 is 2. The summed E-state index contributed by atoms with van der Waals surface area (Å²) in [5.74, 6) is 3.15. The van der Waals surface area contributed by atoms with Crippen LogP contribution in [0.3, 0.4) is 0 Å². The number of benzene rings is 1. The molecule has 0 spiro atoms. The number of likely N-dealkylation sites (tertiary alicyclic amines) is 1. The van der Waals surface area contributed by atoms with Crippen LogP contribution in [0.5, 0.6) is 11.5 Å². The minimum Gasteiger partial charge on any atom is -0.497 e. The van der Waals surface area contributed by atoms with E-state index >= 15 is 0 Å². The van der Waals surface area contributed by atoms with Crippen LogP contribution in [0.2, 0.25) is 0 Å². The molecule has 4 heteroatoms. The van der Waals surface area contributed by atoms with E-state index in [0.29, 0.717) is 18.4 Å². The molecule has 1 aliphatic heterocycles. The SMILES string of the molecule is COc1ccc(OC)c(C(CN)N2CC(C)CC(C)C2)c1. The van der Waals surface area contributed by atoms with Crippen molar-refractivity contribution >= 4 is 0 Å². The van der Waals surface area contributed by atoms with Crippen molar-refractivity contribution in [3.63, 3.8) is 0 Å². The molecule has 3 atom stereocenters. The zero-order valence-corrected chi connectivity index (χ0v) is 13.6. The molecule has 0 bridgehead atoms. The van der Waals surface area contributed by atoms with Crippen molar-refractivity contribution in [2.75, 3.05) is 33.9 Å². The maximum Gasteiger partial charge on any atom is 0.123 e. The normalized spacial score (nSPS) is 24.6. The lowest BCUT2D eigenvalue weighted by Gasteiger charge is -2.40. The van der Waals surface area contributed by atoms with Gasteiger partial charge in [-0.05, 0) is 36.5 Å². The predicted molar refractivity (Wildman–Crippen MR) is 85.9 cm³/mol. The van der Waals surface area contributed by atoms with Gasteiger partial charge in [0.15, 0.2) is 0 Å². The fourth-order valence-corrected chi connectivity index (χ4v) is 3.54. The van der Waals surface area contributed by atoms with Crippen LogP contribution >= 0.6 is 0 Å². The quantitative estimate of drug-likeness (QED) is 0.906. The molecule has 1 aliphatic rings. The number of piperidine rings is 1. The van der Waals surface area contributed by atoms with Crippen LogP contribution in [-0.2, 0) is 0 Å². The Morgan fingerprint density at radius 2 is 1.86 bits per heavy atom. The van der Waals surface area contributed by atoms with Gasteiger partial charge in [0.05, 0.1) is 20.3 Å². The number of nitrogens with two attached hydrogens (primary N) is 1. The van der Waals surface area contributed by atoms with E-state index < -0.39 is 0 Å². The van der Waals surface area contributed by atoms with Gasteiger partial charge in [-0.15, -0.1) is 0 Å². The van der Waals surface area contributed by atoms with Gasteiger partial charge >= 0.3 is 0 Å². The van der Waals surface area contributed by atoms with Crippen LogP contribution in [0.4, 0.5) is 0 Å². The Morgan fingerprint density at radius 1 is 1.19 bits per heavy atom. The van der Waals surface area contributed by atoms with E-state index in [2.05, 4.69) is 24.8 Å². The highest BCUT2D eigenvalue weighted by molar-refractivity contribution is 5.42. The molecule has 1 aromatic carbocycles. The summed E-state index contributed by atoms with van der Waals surface area (Å²) in [6, 6.07) is 6.13. The maximum atomic E-state index is 6.10. The van der Waals surface area contributed by atoms with Crippen molar-refractivity contribution in [3.05, 3.63) is 23.8 Å². The van der Waals surface area contributed by atoms with Gasteiger partial charge in [0.2, 0.25) is 0 Å². The minimum atomic E-state index is 0.181. The summed E-state index contributed by atoms with van der Waals surface area (Å²) < 4.78 is 10.9. The summed E-state index contributed by atoms with van der Waals surface area (Å²) in [5.41, 5.74) is 7.23. The Morgan fingerprint density at radius 3 is 2.38 bits per heavy atom. The van der Waals surface area contributed by atoms with Gasteiger partial charge in [-0.1, -0.05) is 13.8 Å². The molecule has 1 heterocycles. The average Bonchev–Trinajstić information content (AvgIpc) is 2.47. The molecule has 21 heavy (non-hydrogen) atoms. The first-order valence-corrected chi connectivity index (χ1v) is 7.75. The molecule has 4 nitrogen and oxygen atoms in total. The van der Waals surface area contributed by atoms with E-state index in [4.69, 9.17) is 15.2 Å². The molecule has 2 N–H and O–H groups in total. The van der Waals surface area contributed by atoms with Gasteiger partial charge in [-0.3, -0.25) is 4.90 Å². The summed E-state index contributed by atoms with van der Waals surface area (Å²) in [4.78, 5) is 2.50. The lowest BCUT2D eigenvalue weighted by molar-refractivity contribution is 0.0970. The average molecular weight is 292 g/mol. The van der Waals surface area contributed by atoms with Gasteiger partial charge in [0.1, 0.15) is 11.5 Å². The van der Waals surface area contributed by atoms with Crippen LogP contribution in [0.15, 0.2) is 18.2 Å². The minimum absolute atomic E-state index is 0.181. The lowest BCUT2D eigenvalue weighted by Crippen LogP contribution is -2.43. The van der Waals surface area contributed by atoms with E-state index in [1.165, 1.54) is 6.42 Å². The second kappa shape index (κ2) is 7.14. The van der Waals surface area contributed by atoms with Crippen LogP contribution in [0, 0.1) is 11.8 Å². The summed E-state index contributed by atoms with van der Waals surface area (Å²) >= 11 is 0. The number of rotatable bonds is 5. The van der Waals surface area contributed by atoms with Gasteiger partial charge in [0.25, 0.3) is 0 Å². The Bertz CT molecular complexity index is 454. The molecule has 1 fully saturated rings.